The SMILES string of the molecule is NC(=O)N1CCC(NCc2cccc(F)c2)CC1. The highest BCUT2D eigenvalue weighted by molar-refractivity contribution is 5.72. The number of piperidine rings is 1. The molecule has 1 saturated heterocycles. The molecule has 18 heavy (non-hydrogen) atoms. The van der Waals surface area contributed by atoms with Crippen molar-refractivity contribution in [2.24, 2.45) is 5.73 Å². The molecule has 1 aromatic carbocycles. The Bertz CT molecular complexity index is 416. The van der Waals surface area contributed by atoms with Crippen LogP contribution >= 0.6 is 0 Å². The number of likely N-dealkylation sites (tertiary alicyclic amines) is 1. The van der Waals surface area contributed by atoms with Gasteiger partial charge in [0.05, 0.1) is 0 Å². The molecular formula is C13H18FN3O. The summed E-state index contributed by atoms with van der Waals surface area (Å²) < 4.78 is 13.0. The molecule has 0 bridgehead atoms. The molecule has 0 radical (unpaired) electrons. The van der Waals surface area contributed by atoms with Gasteiger partial charge in [-0.15, -0.1) is 0 Å². The average molecular weight is 251 g/mol. The molecule has 1 fully saturated rings. The molecule has 4 nitrogen and oxygen atoms in total. The number of urea groups is 1. The summed E-state index contributed by atoms with van der Waals surface area (Å²) in [7, 11) is 0. The maximum absolute atomic E-state index is 13.0. The van der Waals surface area contributed by atoms with Crippen LogP contribution < -0.4 is 11.1 Å². The smallest absolute Gasteiger partial charge is 0.314 e. The van der Waals surface area contributed by atoms with Crippen molar-refractivity contribution in [3.8, 4) is 0 Å². The first kappa shape index (κ1) is 12.8. The summed E-state index contributed by atoms with van der Waals surface area (Å²) in [6.45, 7) is 2.03. The fourth-order valence-corrected chi connectivity index (χ4v) is 2.21. The zero-order valence-electron chi connectivity index (χ0n) is 10.2. The van der Waals surface area contributed by atoms with Crippen LogP contribution in [0, 0.1) is 5.82 Å². The van der Waals surface area contributed by atoms with Crippen LogP contribution in [-0.2, 0) is 6.54 Å². The standard InChI is InChI=1S/C13H18FN3O/c14-11-3-1-2-10(8-11)9-16-12-4-6-17(7-5-12)13(15)18/h1-3,8,12,16H,4-7,9H2,(H2,15,18). The van der Waals surface area contributed by atoms with Gasteiger partial charge in [-0.3, -0.25) is 0 Å². The Morgan fingerprint density at radius 3 is 2.78 bits per heavy atom. The molecule has 1 aromatic rings. The number of carbonyl (C=O) groups is 1. The predicted octanol–water partition coefficient (Wildman–Crippen LogP) is 1.46. The maximum Gasteiger partial charge on any atom is 0.314 e. The molecule has 98 valence electrons. The van der Waals surface area contributed by atoms with E-state index < -0.39 is 0 Å². The van der Waals surface area contributed by atoms with Crippen LogP contribution in [0.25, 0.3) is 0 Å². The van der Waals surface area contributed by atoms with E-state index in [-0.39, 0.29) is 11.8 Å². The van der Waals surface area contributed by atoms with E-state index in [9.17, 15) is 9.18 Å². The Hall–Kier alpha value is -1.62. The van der Waals surface area contributed by atoms with Crippen LogP contribution in [0.2, 0.25) is 0 Å². The molecule has 0 saturated carbocycles. The van der Waals surface area contributed by atoms with Crippen LogP contribution in [-0.4, -0.2) is 30.1 Å². The van der Waals surface area contributed by atoms with Gasteiger partial charge in [-0.2, -0.15) is 0 Å². The first-order valence-corrected chi connectivity index (χ1v) is 6.17. The van der Waals surface area contributed by atoms with E-state index in [1.807, 2.05) is 6.07 Å². The number of rotatable bonds is 3. The molecule has 0 atom stereocenters. The van der Waals surface area contributed by atoms with Gasteiger partial charge in [0, 0.05) is 25.7 Å². The minimum Gasteiger partial charge on any atom is -0.351 e. The van der Waals surface area contributed by atoms with Gasteiger partial charge in [0.1, 0.15) is 5.82 Å². The zero-order valence-corrected chi connectivity index (χ0v) is 10.2. The fraction of sp³-hybridized carbons (Fsp3) is 0.462. The third-order valence-electron chi connectivity index (χ3n) is 3.29. The van der Waals surface area contributed by atoms with E-state index in [2.05, 4.69) is 5.32 Å². The number of primary amides is 1. The number of nitrogens with one attached hydrogen (secondary N) is 1. The van der Waals surface area contributed by atoms with Crippen molar-refractivity contribution in [2.45, 2.75) is 25.4 Å². The van der Waals surface area contributed by atoms with Crippen LogP contribution in [0.4, 0.5) is 9.18 Å². The van der Waals surface area contributed by atoms with Gasteiger partial charge in [0.15, 0.2) is 0 Å². The molecule has 0 unspecified atom stereocenters. The summed E-state index contributed by atoms with van der Waals surface area (Å²) in [6.07, 6.45) is 1.77. The summed E-state index contributed by atoms with van der Waals surface area (Å²) in [5.41, 5.74) is 6.16. The lowest BCUT2D eigenvalue weighted by molar-refractivity contribution is 0.185. The number of nitrogens with zero attached hydrogens (tertiary/aromatic N) is 1. The van der Waals surface area contributed by atoms with Gasteiger partial charge >= 0.3 is 6.03 Å². The average Bonchev–Trinajstić information content (AvgIpc) is 2.37. The number of carbonyl (C=O) groups excluding carboxylic acids is 1. The molecule has 2 rings (SSSR count). The third kappa shape index (κ3) is 3.43. The zero-order chi connectivity index (χ0) is 13.0. The summed E-state index contributed by atoms with van der Waals surface area (Å²) in [5.74, 6) is -0.210. The fourth-order valence-electron chi connectivity index (χ4n) is 2.21. The van der Waals surface area contributed by atoms with Crippen molar-refractivity contribution in [2.75, 3.05) is 13.1 Å². The van der Waals surface area contributed by atoms with Crippen molar-refractivity contribution in [3.63, 3.8) is 0 Å². The number of amides is 2. The van der Waals surface area contributed by atoms with Crippen LogP contribution in [0.1, 0.15) is 18.4 Å². The van der Waals surface area contributed by atoms with Crippen molar-refractivity contribution >= 4 is 6.03 Å². The first-order valence-electron chi connectivity index (χ1n) is 6.17. The number of nitrogens with two attached hydrogens (primary N) is 1. The Balaban J connectivity index is 1.77. The summed E-state index contributed by atoms with van der Waals surface area (Å²) in [6, 6.07) is 6.60. The van der Waals surface area contributed by atoms with E-state index in [1.54, 1.807) is 11.0 Å². The van der Waals surface area contributed by atoms with Gasteiger partial charge < -0.3 is 16.0 Å². The third-order valence-corrected chi connectivity index (χ3v) is 3.29. The van der Waals surface area contributed by atoms with Crippen molar-refractivity contribution in [1.29, 1.82) is 0 Å². The second-order valence-corrected chi connectivity index (χ2v) is 4.61. The van der Waals surface area contributed by atoms with E-state index in [4.69, 9.17) is 5.73 Å². The van der Waals surface area contributed by atoms with Crippen molar-refractivity contribution in [3.05, 3.63) is 35.6 Å². The molecule has 0 aromatic heterocycles. The Kier molecular flexibility index (Phi) is 4.15. The van der Waals surface area contributed by atoms with E-state index >= 15 is 0 Å². The summed E-state index contributed by atoms with van der Waals surface area (Å²) in [5, 5.41) is 3.38. The molecule has 1 aliphatic heterocycles. The molecular weight excluding hydrogens is 233 g/mol. The Morgan fingerprint density at radius 1 is 1.44 bits per heavy atom. The lowest BCUT2D eigenvalue weighted by Gasteiger charge is -2.31. The Morgan fingerprint density at radius 2 is 2.17 bits per heavy atom. The van der Waals surface area contributed by atoms with E-state index in [0.29, 0.717) is 25.7 Å². The summed E-state index contributed by atoms with van der Waals surface area (Å²) >= 11 is 0. The van der Waals surface area contributed by atoms with E-state index in [1.165, 1.54) is 12.1 Å². The number of hydrogen-bond acceptors (Lipinski definition) is 2. The minimum absolute atomic E-state index is 0.210. The molecule has 5 heteroatoms. The molecule has 2 amide bonds. The second-order valence-electron chi connectivity index (χ2n) is 4.61. The number of hydrogen-bond donors (Lipinski definition) is 2. The highest BCUT2D eigenvalue weighted by atomic mass is 19.1. The predicted molar refractivity (Wildman–Crippen MR) is 67.4 cm³/mol. The van der Waals surface area contributed by atoms with E-state index in [0.717, 1.165) is 18.4 Å². The van der Waals surface area contributed by atoms with Gasteiger partial charge in [-0.25, -0.2) is 9.18 Å². The normalized spacial score (nSPS) is 16.8. The quantitative estimate of drug-likeness (QED) is 0.854. The van der Waals surface area contributed by atoms with Gasteiger partial charge in [-0.05, 0) is 30.5 Å². The minimum atomic E-state index is -0.349. The second kappa shape index (κ2) is 5.82. The molecule has 0 spiro atoms. The number of halogens is 1. The summed E-state index contributed by atoms with van der Waals surface area (Å²) in [4.78, 5) is 12.6. The van der Waals surface area contributed by atoms with Gasteiger partial charge in [-0.1, -0.05) is 12.1 Å². The first-order chi connectivity index (χ1) is 8.65. The van der Waals surface area contributed by atoms with Crippen LogP contribution in [0.5, 0.6) is 0 Å². The lowest BCUT2D eigenvalue weighted by Crippen LogP contribution is -2.46. The van der Waals surface area contributed by atoms with Crippen LogP contribution in [0.15, 0.2) is 24.3 Å². The van der Waals surface area contributed by atoms with Gasteiger partial charge in [0.25, 0.3) is 0 Å². The van der Waals surface area contributed by atoms with Crippen molar-refractivity contribution in [1.82, 2.24) is 10.2 Å². The molecule has 0 aliphatic carbocycles. The Labute approximate surface area is 106 Å². The number of benzene rings is 1. The lowest BCUT2D eigenvalue weighted by atomic mass is 10.0. The molecule has 1 heterocycles. The highest BCUT2D eigenvalue weighted by Gasteiger charge is 2.20. The van der Waals surface area contributed by atoms with Crippen molar-refractivity contribution < 1.29 is 9.18 Å². The monoisotopic (exact) mass is 251 g/mol. The largest absolute Gasteiger partial charge is 0.351 e. The maximum atomic E-state index is 13.0. The topological polar surface area (TPSA) is 58.4 Å². The van der Waals surface area contributed by atoms with Crippen LogP contribution in [0.3, 0.4) is 0 Å². The highest BCUT2D eigenvalue weighted by Crippen LogP contribution is 2.11. The molecule has 3 N–H and O–H groups in total. The van der Waals surface area contributed by atoms with Gasteiger partial charge in [0.2, 0.25) is 0 Å². The molecule has 1 aliphatic rings.